The van der Waals surface area contributed by atoms with Crippen molar-refractivity contribution in [3.05, 3.63) is 59.9 Å². The Morgan fingerprint density at radius 3 is 2.67 bits per heavy atom. The van der Waals surface area contributed by atoms with Crippen molar-refractivity contribution in [3.63, 3.8) is 0 Å². The number of hydrogen-bond donors (Lipinski definition) is 2. The smallest absolute Gasteiger partial charge is 0.317 e. The topological polar surface area (TPSA) is 64.3 Å². The van der Waals surface area contributed by atoms with E-state index in [1.54, 1.807) is 6.20 Å². The summed E-state index contributed by atoms with van der Waals surface area (Å²) in [6.07, 6.45) is 4.51. The zero-order valence-electron chi connectivity index (χ0n) is 16.2. The highest BCUT2D eigenvalue weighted by molar-refractivity contribution is 5.79. The fourth-order valence-corrected chi connectivity index (χ4v) is 3.08. The normalized spacial score (nSPS) is 10.8. The molecule has 2 heterocycles. The van der Waals surface area contributed by atoms with E-state index in [9.17, 15) is 4.79 Å². The average molecular weight is 365 g/mol. The van der Waals surface area contributed by atoms with Crippen LogP contribution in [0, 0.1) is 0 Å². The van der Waals surface area contributed by atoms with Crippen LogP contribution < -0.4 is 10.2 Å². The number of benzene rings is 1. The molecule has 1 aromatic carbocycles. The summed E-state index contributed by atoms with van der Waals surface area (Å²) >= 11 is 0. The number of carbonyl (C=O) groups is 1. The van der Waals surface area contributed by atoms with Crippen molar-refractivity contribution >= 4 is 22.8 Å². The molecular weight excluding hydrogens is 338 g/mol. The van der Waals surface area contributed by atoms with Crippen LogP contribution in [0.1, 0.15) is 18.1 Å². The molecule has 0 saturated carbocycles. The highest BCUT2D eigenvalue weighted by Gasteiger charge is 2.12. The van der Waals surface area contributed by atoms with Gasteiger partial charge < -0.3 is 20.1 Å². The van der Waals surface area contributed by atoms with Gasteiger partial charge in [-0.05, 0) is 48.7 Å². The number of aromatic amines is 1. The Bertz CT molecular complexity index is 885. The molecule has 2 N–H and O–H groups in total. The Kier molecular flexibility index (Phi) is 5.96. The molecule has 0 bridgehead atoms. The second-order valence-electron chi connectivity index (χ2n) is 6.77. The molecule has 0 atom stereocenters. The molecular formula is C21H27N5O. The molecule has 0 fully saturated rings. The lowest BCUT2D eigenvalue weighted by molar-refractivity contribution is 0.198. The van der Waals surface area contributed by atoms with Crippen LogP contribution >= 0.6 is 0 Å². The summed E-state index contributed by atoms with van der Waals surface area (Å²) in [4.78, 5) is 23.9. The molecule has 142 valence electrons. The van der Waals surface area contributed by atoms with Gasteiger partial charge in [-0.1, -0.05) is 12.1 Å². The maximum atomic E-state index is 12.5. The third-order valence-corrected chi connectivity index (χ3v) is 4.70. The molecule has 0 spiro atoms. The number of pyridine rings is 1. The number of H-pyrrole nitrogens is 1. The number of nitrogens with zero attached hydrogens (tertiary/aromatic N) is 3. The maximum Gasteiger partial charge on any atom is 0.317 e. The lowest BCUT2D eigenvalue weighted by atomic mass is 10.1. The summed E-state index contributed by atoms with van der Waals surface area (Å²) in [5.74, 6) is 0. The third-order valence-electron chi connectivity index (χ3n) is 4.70. The van der Waals surface area contributed by atoms with E-state index in [4.69, 9.17) is 0 Å². The van der Waals surface area contributed by atoms with Crippen LogP contribution in [0.4, 0.5) is 10.5 Å². The van der Waals surface area contributed by atoms with Gasteiger partial charge in [0.2, 0.25) is 0 Å². The first-order valence-electron chi connectivity index (χ1n) is 9.28. The fraction of sp³-hybridized carbons (Fsp3) is 0.333. The quantitative estimate of drug-likeness (QED) is 0.674. The zero-order valence-corrected chi connectivity index (χ0v) is 16.2. The number of hydrogen-bond acceptors (Lipinski definition) is 3. The molecule has 0 saturated heterocycles. The predicted octanol–water partition coefficient (Wildman–Crippen LogP) is 3.40. The molecule has 27 heavy (non-hydrogen) atoms. The van der Waals surface area contributed by atoms with E-state index in [0.717, 1.165) is 28.7 Å². The molecule has 0 aliphatic carbocycles. The molecule has 6 heteroatoms. The average Bonchev–Trinajstić information content (AvgIpc) is 3.09. The van der Waals surface area contributed by atoms with Gasteiger partial charge in [-0.2, -0.15) is 0 Å². The lowest BCUT2D eigenvalue weighted by Crippen LogP contribution is -2.40. The Hall–Kier alpha value is -3.02. The van der Waals surface area contributed by atoms with Crippen LogP contribution in [0.3, 0.4) is 0 Å². The Morgan fingerprint density at radius 2 is 1.96 bits per heavy atom. The molecule has 6 nitrogen and oxygen atoms in total. The fourth-order valence-electron chi connectivity index (χ4n) is 3.08. The van der Waals surface area contributed by atoms with E-state index >= 15 is 0 Å². The summed E-state index contributed by atoms with van der Waals surface area (Å²) in [6, 6.07) is 12.2. The maximum absolute atomic E-state index is 12.5. The van der Waals surface area contributed by atoms with Crippen LogP contribution in [0.5, 0.6) is 0 Å². The molecule has 0 aliphatic rings. The van der Waals surface area contributed by atoms with E-state index in [-0.39, 0.29) is 6.03 Å². The summed E-state index contributed by atoms with van der Waals surface area (Å²) in [5, 5.41) is 4.14. The number of anilines is 1. The molecule has 0 aliphatic heterocycles. The summed E-state index contributed by atoms with van der Waals surface area (Å²) in [5.41, 5.74) is 4.33. The number of urea groups is 1. The highest BCUT2D eigenvalue weighted by Crippen LogP contribution is 2.16. The van der Waals surface area contributed by atoms with E-state index in [1.807, 2.05) is 44.2 Å². The predicted molar refractivity (Wildman–Crippen MR) is 110 cm³/mol. The monoisotopic (exact) mass is 365 g/mol. The number of rotatable bonds is 7. The largest absolute Gasteiger partial charge is 0.378 e. The molecule has 0 radical (unpaired) electrons. The van der Waals surface area contributed by atoms with Crippen LogP contribution in [-0.4, -0.2) is 48.1 Å². The van der Waals surface area contributed by atoms with E-state index in [2.05, 4.69) is 44.5 Å². The Morgan fingerprint density at radius 1 is 1.19 bits per heavy atom. The van der Waals surface area contributed by atoms with Crippen LogP contribution in [0.25, 0.3) is 11.0 Å². The van der Waals surface area contributed by atoms with Gasteiger partial charge >= 0.3 is 6.03 Å². The minimum atomic E-state index is -0.0350. The Balaban J connectivity index is 1.54. The van der Waals surface area contributed by atoms with Crippen molar-refractivity contribution in [2.45, 2.75) is 19.9 Å². The summed E-state index contributed by atoms with van der Waals surface area (Å²) in [6.45, 7) is 3.86. The van der Waals surface area contributed by atoms with Gasteiger partial charge in [0.25, 0.3) is 0 Å². The van der Waals surface area contributed by atoms with Crippen molar-refractivity contribution in [3.8, 4) is 0 Å². The molecule has 2 amide bonds. The standard InChI is InChI=1S/C21H27N5O/c1-4-26(15-16-7-9-18(10-8-16)25(2)3)21(27)23-13-11-17-14-24-20-19(17)6-5-12-22-20/h5-10,12,14H,4,11,13,15H2,1-3H3,(H,22,24)(H,23,27). The number of carbonyl (C=O) groups excluding carboxylic acids is 1. The molecule has 2 aromatic heterocycles. The molecule has 0 unspecified atom stereocenters. The first kappa shape index (κ1) is 18.8. The number of fused-ring (bicyclic) bond motifs is 1. The second kappa shape index (κ2) is 8.58. The summed E-state index contributed by atoms with van der Waals surface area (Å²) < 4.78 is 0. The molecule has 3 rings (SSSR count). The van der Waals surface area contributed by atoms with E-state index < -0.39 is 0 Å². The van der Waals surface area contributed by atoms with Gasteiger partial charge in [-0.15, -0.1) is 0 Å². The van der Waals surface area contributed by atoms with Crippen LogP contribution in [-0.2, 0) is 13.0 Å². The number of aromatic nitrogens is 2. The minimum Gasteiger partial charge on any atom is -0.378 e. The van der Waals surface area contributed by atoms with Crippen molar-refractivity contribution in [1.82, 2.24) is 20.2 Å². The second-order valence-corrected chi connectivity index (χ2v) is 6.77. The van der Waals surface area contributed by atoms with Crippen LogP contribution in [0.2, 0.25) is 0 Å². The Labute approximate surface area is 160 Å². The van der Waals surface area contributed by atoms with E-state index in [0.29, 0.717) is 19.6 Å². The first-order valence-corrected chi connectivity index (χ1v) is 9.28. The lowest BCUT2D eigenvalue weighted by Gasteiger charge is -2.22. The van der Waals surface area contributed by atoms with Gasteiger partial charge in [0.15, 0.2) is 0 Å². The minimum absolute atomic E-state index is 0.0350. The number of amides is 2. The van der Waals surface area contributed by atoms with Crippen molar-refractivity contribution in [1.29, 1.82) is 0 Å². The van der Waals surface area contributed by atoms with Gasteiger partial charge in [-0.3, -0.25) is 0 Å². The van der Waals surface area contributed by atoms with Gasteiger partial charge in [0.1, 0.15) is 5.65 Å². The molecule has 3 aromatic rings. The van der Waals surface area contributed by atoms with Crippen molar-refractivity contribution in [2.75, 3.05) is 32.1 Å². The van der Waals surface area contributed by atoms with E-state index in [1.165, 1.54) is 5.56 Å². The van der Waals surface area contributed by atoms with Crippen LogP contribution in [0.15, 0.2) is 48.8 Å². The van der Waals surface area contributed by atoms with Crippen molar-refractivity contribution in [2.24, 2.45) is 0 Å². The van der Waals surface area contributed by atoms with Gasteiger partial charge in [0, 0.05) is 57.2 Å². The van der Waals surface area contributed by atoms with Gasteiger partial charge in [-0.25, -0.2) is 9.78 Å². The third kappa shape index (κ3) is 4.58. The number of nitrogens with one attached hydrogen (secondary N) is 2. The van der Waals surface area contributed by atoms with Crippen molar-refractivity contribution < 1.29 is 4.79 Å². The zero-order chi connectivity index (χ0) is 19.2. The highest BCUT2D eigenvalue weighted by atomic mass is 16.2. The van der Waals surface area contributed by atoms with Gasteiger partial charge in [0.05, 0.1) is 0 Å². The first-order chi connectivity index (χ1) is 13.1. The SMILES string of the molecule is CCN(Cc1ccc(N(C)C)cc1)C(=O)NCCc1c[nH]c2ncccc12. The summed E-state index contributed by atoms with van der Waals surface area (Å²) in [7, 11) is 4.04.